The summed E-state index contributed by atoms with van der Waals surface area (Å²) in [6.45, 7) is 3.34. The fourth-order valence-corrected chi connectivity index (χ4v) is 2.49. The Hall–Kier alpha value is -0.920. The molecule has 0 amide bonds. The molecule has 0 unspecified atom stereocenters. The number of hydrogen-bond donors (Lipinski definition) is 3. The van der Waals surface area contributed by atoms with E-state index >= 15 is 0 Å². The molecule has 0 radical (unpaired) electrons. The summed E-state index contributed by atoms with van der Waals surface area (Å²) in [5, 5.41) is 8.80. The van der Waals surface area contributed by atoms with Crippen molar-refractivity contribution in [3.05, 3.63) is 12.5 Å². The van der Waals surface area contributed by atoms with Gasteiger partial charge >= 0.3 is 0 Å². The lowest BCUT2D eigenvalue weighted by molar-refractivity contribution is 0.245. The van der Waals surface area contributed by atoms with Gasteiger partial charge in [-0.2, -0.15) is 0 Å². The molecule has 0 aliphatic rings. The van der Waals surface area contributed by atoms with Gasteiger partial charge in [0.2, 0.25) is 0 Å². The molecular formula is C8H15N3O3S. The van der Waals surface area contributed by atoms with Gasteiger partial charge in [0.1, 0.15) is 0 Å². The second-order valence-corrected chi connectivity index (χ2v) is 5.53. The van der Waals surface area contributed by atoms with Crippen molar-refractivity contribution in [2.24, 2.45) is 0 Å². The first-order valence-electron chi connectivity index (χ1n) is 4.51. The summed E-state index contributed by atoms with van der Waals surface area (Å²) in [5.41, 5.74) is -0.682. The normalized spacial score (nSPS) is 13.0. The molecule has 0 aliphatic heterocycles. The van der Waals surface area contributed by atoms with E-state index in [-0.39, 0.29) is 11.6 Å². The second-order valence-electron chi connectivity index (χ2n) is 3.88. The predicted molar refractivity (Wildman–Crippen MR) is 54.7 cm³/mol. The molecule has 0 aliphatic carbocycles. The lowest BCUT2D eigenvalue weighted by Gasteiger charge is -2.24. The lowest BCUT2D eigenvalue weighted by atomic mass is 10.0. The van der Waals surface area contributed by atoms with Gasteiger partial charge in [-0.15, -0.1) is 0 Å². The molecule has 0 saturated heterocycles. The molecule has 3 N–H and O–H groups in total. The number of sulfonamides is 1. The summed E-state index contributed by atoms with van der Waals surface area (Å²) in [6.07, 6.45) is 2.88. The average molecular weight is 233 g/mol. The van der Waals surface area contributed by atoms with E-state index in [1.807, 2.05) is 0 Å². The lowest BCUT2D eigenvalue weighted by Crippen LogP contribution is -2.44. The predicted octanol–water partition coefficient (Wildman–Crippen LogP) is -0.151. The van der Waals surface area contributed by atoms with E-state index in [1.54, 1.807) is 13.8 Å². The van der Waals surface area contributed by atoms with Crippen molar-refractivity contribution >= 4 is 10.0 Å². The van der Waals surface area contributed by atoms with Crippen molar-refractivity contribution < 1.29 is 13.5 Å². The van der Waals surface area contributed by atoms with E-state index in [0.29, 0.717) is 6.42 Å². The monoisotopic (exact) mass is 233 g/mol. The van der Waals surface area contributed by atoms with E-state index in [1.165, 1.54) is 12.5 Å². The zero-order chi connectivity index (χ0) is 11.5. The first-order chi connectivity index (χ1) is 6.87. The summed E-state index contributed by atoms with van der Waals surface area (Å²) in [7, 11) is -3.58. The fourth-order valence-electron chi connectivity index (χ4n) is 1.14. The number of nitrogens with zero attached hydrogens (tertiary/aromatic N) is 1. The van der Waals surface area contributed by atoms with E-state index in [2.05, 4.69) is 14.7 Å². The molecule has 0 atom stereocenters. The average Bonchev–Trinajstić information content (AvgIpc) is 2.52. The molecule has 1 rings (SSSR count). The maximum absolute atomic E-state index is 11.7. The minimum atomic E-state index is -3.58. The Bertz CT molecular complexity index is 397. The van der Waals surface area contributed by atoms with Crippen LogP contribution in [0, 0.1) is 0 Å². The smallest absolute Gasteiger partial charge is 0.258 e. The summed E-state index contributed by atoms with van der Waals surface area (Å²) in [4.78, 5) is 6.16. The standard InChI is InChI=1S/C8H15N3O3S/c1-8(2,3-4-12)11-15(13,14)7-5-9-6-10-7/h5-6,11-12H,3-4H2,1-2H3,(H,9,10). The quantitative estimate of drug-likeness (QED) is 0.659. The number of imidazole rings is 1. The zero-order valence-electron chi connectivity index (χ0n) is 8.69. The van der Waals surface area contributed by atoms with Gasteiger partial charge in [0.25, 0.3) is 10.0 Å². The van der Waals surface area contributed by atoms with Crippen LogP contribution in [0.25, 0.3) is 0 Å². The van der Waals surface area contributed by atoms with Gasteiger partial charge in [0.15, 0.2) is 5.03 Å². The van der Waals surface area contributed by atoms with Gasteiger partial charge in [-0.05, 0) is 20.3 Å². The maximum Gasteiger partial charge on any atom is 0.258 e. The van der Waals surface area contributed by atoms with E-state index in [0.717, 1.165) is 0 Å². The summed E-state index contributed by atoms with van der Waals surface area (Å²) >= 11 is 0. The number of aromatic amines is 1. The van der Waals surface area contributed by atoms with Gasteiger partial charge < -0.3 is 10.1 Å². The van der Waals surface area contributed by atoms with Crippen molar-refractivity contribution in [3.8, 4) is 0 Å². The minimum Gasteiger partial charge on any atom is -0.396 e. The van der Waals surface area contributed by atoms with Crippen molar-refractivity contribution in [1.82, 2.24) is 14.7 Å². The molecule has 1 aromatic rings. The van der Waals surface area contributed by atoms with Gasteiger partial charge in [-0.1, -0.05) is 0 Å². The number of rotatable bonds is 5. The van der Waals surface area contributed by atoms with Crippen molar-refractivity contribution in [2.45, 2.75) is 30.8 Å². The molecular weight excluding hydrogens is 218 g/mol. The molecule has 1 aromatic heterocycles. The highest BCUT2D eigenvalue weighted by Gasteiger charge is 2.26. The second kappa shape index (κ2) is 4.30. The molecule has 86 valence electrons. The Balaban J connectivity index is 2.82. The van der Waals surface area contributed by atoms with Crippen molar-refractivity contribution in [3.63, 3.8) is 0 Å². The van der Waals surface area contributed by atoms with Gasteiger partial charge in [-0.3, -0.25) is 0 Å². The summed E-state index contributed by atoms with van der Waals surface area (Å²) in [5.74, 6) is 0. The van der Waals surface area contributed by atoms with E-state index in [4.69, 9.17) is 5.11 Å². The van der Waals surface area contributed by atoms with E-state index in [9.17, 15) is 8.42 Å². The van der Waals surface area contributed by atoms with Gasteiger partial charge in [0, 0.05) is 12.1 Å². The van der Waals surface area contributed by atoms with Crippen LogP contribution >= 0.6 is 0 Å². The Morgan fingerprint density at radius 1 is 1.60 bits per heavy atom. The third-order valence-corrected chi connectivity index (χ3v) is 3.53. The van der Waals surface area contributed by atoms with Gasteiger partial charge in [-0.25, -0.2) is 18.1 Å². The van der Waals surface area contributed by atoms with Crippen LogP contribution in [0.5, 0.6) is 0 Å². The molecule has 0 fully saturated rings. The van der Waals surface area contributed by atoms with Crippen molar-refractivity contribution in [2.75, 3.05) is 6.61 Å². The molecule has 1 heterocycles. The number of aromatic nitrogens is 2. The van der Waals surface area contributed by atoms with Gasteiger partial charge in [0.05, 0.1) is 12.5 Å². The molecule has 15 heavy (non-hydrogen) atoms. The third kappa shape index (κ3) is 3.29. The topological polar surface area (TPSA) is 95.1 Å². The first-order valence-corrected chi connectivity index (χ1v) is 5.99. The van der Waals surface area contributed by atoms with Crippen LogP contribution in [0.1, 0.15) is 20.3 Å². The first kappa shape index (κ1) is 12.2. The number of aliphatic hydroxyl groups excluding tert-OH is 1. The van der Waals surface area contributed by atoms with Crippen LogP contribution in [-0.2, 0) is 10.0 Å². The molecule has 6 nitrogen and oxygen atoms in total. The fraction of sp³-hybridized carbons (Fsp3) is 0.625. The van der Waals surface area contributed by atoms with Crippen LogP contribution in [0.4, 0.5) is 0 Å². The number of H-pyrrole nitrogens is 1. The highest BCUT2D eigenvalue weighted by Crippen LogP contribution is 2.12. The van der Waals surface area contributed by atoms with Crippen LogP contribution in [0.15, 0.2) is 17.6 Å². The zero-order valence-corrected chi connectivity index (χ0v) is 9.50. The summed E-state index contributed by atoms with van der Waals surface area (Å²) < 4.78 is 25.9. The molecule has 0 spiro atoms. The third-order valence-electron chi connectivity index (χ3n) is 1.91. The maximum atomic E-state index is 11.7. The van der Waals surface area contributed by atoms with Crippen LogP contribution in [0.3, 0.4) is 0 Å². The number of hydrogen-bond acceptors (Lipinski definition) is 4. The SMILES string of the molecule is CC(C)(CCO)NS(=O)(=O)c1cnc[nH]1. The van der Waals surface area contributed by atoms with E-state index < -0.39 is 15.6 Å². The Morgan fingerprint density at radius 3 is 2.73 bits per heavy atom. The Kier molecular flexibility index (Phi) is 3.48. The highest BCUT2D eigenvalue weighted by atomic mass is 32.2. The highest BCUT2D eigenvalue weighted by molar-refractivity contribution is 7.89. The minimum absolute atomic E-state index is 0.0218. The summed E-state index contributed by atoms with van der Waals surface area (Å²) in [6, 6.07) is 0. The largest absolute Gasteiger partial charge is 0.396 e. The van der Waals surface area contributed by atoms with Crippen LogP contribution < -0.4 is 4.72 Å². The molecule has 7 heteroatoms. The molecule has 0 bridgehead atoms. The van der Waals surface area contributed by atoms with Crippen LogP contribution in [0.2, 0.25) is 0 Å². The van der Waals surface area contributed by atoms with Crippen molar-refractivity contribution in [1.29, 1.82) is 0 Å². The molecule has 0 aromatic carbocycles. The Morgan fingerprint density at radius 2 is 2.27 bits per heavy atom. The number of nitrogens with one attached hydrogen (secondary N) is 2. The molecule has 0 saturated carbocycles. The van der Waals surface area contributed by atoms with Crippen LogP contribution in [-0.4, -0.2) is 35.6 Å². The number of aliphatic hydroxyl groups is 1. The Labute approximate surface area is 88.8 Å².